The molecule has 22 heavy (non-hydrogen) atoms. The molecule has 0 aromatic heterocycles. The van der Waals surface area contributed by atoms with Crippen LogP contribution in [0.1, 0.15) is 36.8 Å². The van der Waals surface area contributed by atoms with Gasteiger partial charge in [-0.25, -0.2) is 4.39 Å². The van der Waals surface area contributed by atoms with Crippen molar-refractivity contribution >= 4 is 0 Å². The number of phenolic OH excluding ortho intramolecular Hbond substituents is 1. The van der Waals surface area contributed by atoms with Gasteiger partial charge in [-0.3, -0.25) is 0 Å². The lowest BCUT2D eigenvalue weighted by molar-refractivity contribution is 0.273. The van der Waals surface area contributed by atoms with Crippen molar-refractivity contribution < 1.29 is 14.2 Å². The largest absolute Gasteiger partial charge is 0.508 e. The van der Waals surface area contributed by atoms with Crippen molar-refractivity contribution in [2.75, 3.05) is 13.3 Å². The van der Waals surface area contributed by atoms with E-state index in [4.69, 9.17) is 4.74 Å². The van der Waals surface area contributed by atoms with Gasteiger partial charge in [-0.1, -0.05) is 37.1 Å². The van der Waals surface area contributed by atoms with Crippen LogP contribution in [-0.4, -0.2) is 18.4 Å². The van der Waals surface area contributed by atoms with Gasteiger partial charge in [0.2, 0.25) is 0 Å². The third-order valence-electron chi connectivity index (χ3n) is 4.63. The molecule has 0 spiro atoms. The van der Waals surface area contributed by atoms with Gasteiger partial charge in [-0.15, -0.1) is 0 Å². The molecular formula is C19H21FO2. The van der Waals surface area contributed by atoms with Gasteiger partial charge >= 0.3 is 0 Å². The summed E-state index contributed by atoms with van der Waals surface area (Å²) >= 11 is 0. The number of benzene rings is 2. The lowest BCUT2D eigenvalue weighted by Gasteiger charge is -2.30. The molecule has 1 aliphatic rings. The van der Waals surface area contributed by atoms with E-state index >= 15 is 0 Å². The molecule has 0 bridgehead atoms. The first kappa shape index (κ1) is 14.9. The Balaban J connectivity index is 1.92. The zero-order valence-electron chi connectivity index (χ0n) is 12.6. The van der Waals surface area contributed by atoms with Gasteiger partial charge < -0.3 is 9.84 Å². The third kappa shape index (κ3) is 2.80. The summed E-state index contributed by atoms with van der Waals surface area (Å²) in [5.41, 5.74) is 2.54. The molecule has 2 nitrogen and oxygen atoms in total. The highest BCUT2D eigenvalue weighted by atomic mass is 19.1. The van der Waals surface area contributed by atoms with Crippen LogP contribution in [0.5, 0.6) is 11.5 Å². The molecule has 0 unspecified atom stereocenters. The fraction of sp³-hybridized carbons (Fsp3) is 0.368. The normalized spacial score (nSPS) is 16.6. The second-order valence-corrected chi connectivity index (χ2v) is 5.90. The molecule has 0 saturated heterocycles. The monoisotopic (exact) mass is 300 g/mol. The molecule has 0 amide bonds. The van der Waals surface area contributed by atoms with E-state index in [0.29, 0.717) is 11.5 Å². The molecule has 1 N–H and O–H groups in total. The molecule has 0 aliphatic heterocycles. The lowest BCUT2D eigenvalue weighted by atomic mass is 9.73. The van der Waals surface area contributed by atoms with Crippen molar-refractivity contribution in [2.45, 2.75) is 31.1 Å². The molecule has 0 atom stereocenters. The Morgan fingerprint density at radius 2 is 1.45 bits per heavy atom. The lowest BCUT2D eigenvalue weighted by Crippen LogP contribution is -2.23. The summed E-state index contributed by atoms with van der Waals surface area (Å²) in [4.78, 5) is 0. The summed E-state index contributed by atoms with van der Waals surface area (Å²) in [6.07, 6.45) is 4.65. The Morgan fingerprint density at radius 1 is 0.909 bits per heavy atom. The molecule has 1 saturated carbocycles. The van der Waals surface area contributed by atoms with Gasteiger partial charge in [-0.2, -0.15) is 0 Å². The van der Waals surface area contributed by atoms with E-state index in [2.05, 4.69) is 12.1 Å². The van der Waals surface area contributed by atoms with Crippen LogP contribution in [0, 0.1) is 0 Å². The van der Waals surface area contributed by atoms with E-state index in [9.17, 15) is 9.50 Å². The van der Waals surface area contributed by atoms with Gasteiger partial charge in [0.15, 0.2) is 0 Å². The fourth-order valence-electron chi connectivity index (χ4n) is 3.53. The van der Waals surface area contributed by atoms with E-state index in [-0.39, 0.29) is 12.0 Å². The van der Waals surface area contributed by atoms with Crippen molar-refractivity contribution in [1.29, 1.82) is 0 Å². The average Bonchev–Trinajstić information content (AvgIpc) is 3.05. The summed E-state index contributed by atoms with van der Waals surface area (Å²) in [6.45, 7) is -0.373. The summed E-state index contributed by atoms with van der Waals surface area (Å²) in [5, 5.41) is 9.53. The molecular weight excluding hydrogens is 279 g/mol. The van der Waals surface area contributed by atoms with Gasteiger partial charge in [-0.05, 0) is 48.2 Å². The Kier molecular flexibility index (Phi) is 4.32. The third-order valence-corrected chi connectivity index (χ3v) is 4.63. The molecule has 2 aromatic carbocycles. The second-order valence-electron chi connectivity index (χ2n) is 5.90. The SMILES string of the molecule is Oc1ccc(C2(c3ccc(OCCF)cc3)CCCC2)cc1. The molecule has 1 fully saturated rings. The second kappa shape index (κ2) is 6.39. The van der Waals surface area contributed by atoms with Gasteiger partial charge in [0.1, 0.15) is 24.8 Å². The summed E-state index contributed by atoms with van der Waals surface area (Å²) in [7, 11) is 0. The minimum Gasteiger partial charge on any atom is -0.508 e. The number of ether oxygens (including phenoxy) is 1. The van der Waals surface area contributed by atoms with Crippen molar-refractivity contribution in [2.24, 2.45) is 0 Å². The predicted molar refractivity (Wildman–Crippen MR) is 85.3 cm³/mol. The Morgan fingerprint density at radius 3 is 2.00 bits per heavy atom. The van der Waals surface area contributed by atoms with Gasteiger partial charge in [0.25, 0.3) is 0 Å². The molecule has 2 aromatic rings. The van der Waals surface area contributed by atoms with Gasteiger partial charge in [0.05, 0.1) is 0 Å². The van der Waals surface area contributed by atoms with Gasteiger partial charge in [0, 0.05) is 5.41 Å². The molecule has 0 heterocycles. The van der Waals surface area contributed by atoms with Crippen molar-refractivity contribution in [3.63, 3.8) is 0 Å². The summed E-state index contributed by atoms with van der Waals surface area (Å²) in [6, 6.07) is 15.6. The average molecular weight is 300 g/mol. The minimum atomic E-state index is -0.473. The Bertz CT molecular complexity index is 598. The molecule has 3 heteroatoms. The highest BCUT2D eigenvalue weighted by Crippen LogP contribution is 2.46. The van der Waals surface area contributed by atoms with E-state index in [1.165, 1.54) is 24.0 Å². The number of halogens is 1. The number of hydrogen-bond acceptors (Lipinski definition) is 2. The molecule has 1 aliphatic carbocycles. The number of phenols is 1. The number of aromatic hydroxyl groups is 1. The van der Waals surface area contributed by atoms with Crippen LogP contribution in [0.2, 0.25) is 0 Å². The smallest absolute Gasteiger partial charge is 0.123 e. The predicted octanol–water partition coefficient (Wildman–Crippen LogP) is 4.60. The highest BCUT2D eigenvalue weighted by Gasteiger charge is 2.37. The van der Waals surface area contributed by atoms with Crippen LogP contribution in [0.4, 0.5) is 4.39 Å². The van der Waals surface area contributed by atoms with E-state index in [0.717, 1.165) is 12.8 Å². The van der Waals surface area contributed by atoms with Crippen LogP contribution in [-0.2, 0) is 5.41 Å². The van der Waals surface area contributed by atoms with E-state index in [1.54, 1.807) is 12.1 Å². The Hall–Kier alpha value is -2.03. The van der Waals surface area contributed by atoms with Crippen LogP contribution in [0.15, 0.2) is 48.5 Å². The number of rotatable bonds is 5. The van der Waals surface area contributed by atoms with Crippen molar-refractivity contribution in [1.82, 2.24) is 0 Å². The summed E-state index contributed by atoms with van der Waals surface area (Å²) in [5.74, 6) is 1.01. The Labute approximate surface area is 130 Å². The van der Waals surface area contributed by atoms with Crippen molar-refractivity contribution in [3.8, 4) is 11.5 Å². The molecule has 116 valence electrons. The van der Waals surface area contributed by atoms with Crippen molar-refractivity contribution in [3.05, 3.63) is 59.7 Å². The standard InChI is InChI=1S/C19H21FO2/c20-13-14-22-18-9-5-16(6-10-18)19(11-1-2-12-19)15-3-7-17(21)8-4-15/h3-10,21H,1-2,11-14H2. The van der Waals surface area contributed by atoms with Crippen LogP contribution in [0.25, 0.3) is 0 Å². The summed E-state index contributed by atoms with van der Waals surface area (Å²) < 4.78 is 17.5. The maximum atomic E-state index is 12.2. The highest BCUT2D eigenvalue weighted by molar-refractivity contribution is 5.43. The number of alkyl halides is 1. The zero-order valence-corrected chi connectivity index (χ0v) is 12.6. The maximum Gasteiger partial charge on any atom is 0.123 e. The van der Waals surface area contributed by atoms with Crippen LogP contribution >= 0.6 is 0 Å². The first-order valence-electron chi connectivity index (χ1n) is 7.83. The first-order chi connectivity index (χ1) is 10.7. The maximum absolute atomic E-state index is 12.2. The van der Waals surface area contributed by atoms with Crippen LogP contribution < -0.4 is 4.74 Å². The van der Waals surface area contributed by atoms with Crippen LogP contribution in [0.3, 0.4) is 0 Å². The quantitative estimate of drug-likeness (QED) is 0.874. The molecule has 3 rings (SSSR count). The zero-order chi connectivity index (χ0) is 15.4. The minimum absolute atomic E-state index is 0.0202. The topological polar surface area (TPSA) is 29.5 Å². The van der Waals surface area contributed by atoms with E-state index in [1.807, 2.05) is 24.3 Å². The van der Waals surface area contributed by atoms with E-state index < -0.39 is 6.67 Å². The fourth-order valence-corrected chi connectivity index (χ4v) is 3.53. The molecule has 0 radical (unpaired) electrons. The first-order valence-corrected chi connectivity index (χ1v) is 7.83. The number of hydrogen-bond donors (Lipinski definition) is 1.